The lowest BCUT2D eigenvalue weighted by Gasteiger charge is -2.47. The van der Waals surface area contributed by atoms with E-state index in [9.17, 15) is 5.11 Å². The molecule has 0 bridgehead atoms. The summed E-state index contributed by atoms with van der Waals surface area (Å²) >= 11 is 0. The quantitative estimate of drug-likeness (QED) is 0.835. The van der Waals surface area contributed by atoms with E-state index in [0.29, 0.717) is 5.92 Å². The molecule has 2 aliphatic carbocycles. The third-order valence-corrected chi connectivity index (χ3v) is 5.81. The second-order valence-electron chi connectivity index (χ2n) is 6.85. The van der Waals surface area contributed by atoms with E-state index in [1.165, 1.54) is 32.1 Å². The van der Waals surface area contributed by atoms with Crippen LogP contribution in [0.4, 0.5) is 0 Å². The molecule has 0 amide bonds. The fraction of sp³-hybridized carbons (Fsp3) is 1.00. The summed E-state index contributed by atoms with van der Waals surface area (Å²) in [4.78, 5) is 0. The number of hydrogen-bond acceptors (Lipinski definition) is 3. The van der Waals surface area contributed by atoms with Gasteiger partial charge in [0.25, 0.3) is 0 Å². The number of ether oxygens (including phenoxy) is 2. The van der Waals surface area contributed by atoms with Gasteiger partial charge in [0.1, 0.15) is 0 Å². The van der Waals surface area contributed by atoms with Gasteiger partial charge in [0.15, 0.2) is 5.79 Å². The zero-order valence-corrected chi connectivity index (χ0v) is 12.2. The van der Waals surface area contributed by atoms with Gasteiger partial charge in [-0.15, -0.1) is 0 Å². The molecule has 0 aromatic rings. The molecular formula is C16H28O3. The van der Waals surface area contributed by atoms with E-state index in [1.807, 2.05) is 0 Å². The maximum absolute atomic E-state index is 11.0. The van der Waals surface area contributed by atoms with Crippen LogP contribution in [0.2, 0.25) is 0 Å². The molecule has 1 heterocycles. The van der Waals surface area contributed by atoms with Gasteiger partial charge in [-0.05, 0) is 37.5 Å². The lowest BCUT2D eigenvalue weighted by Crippen LogP contribution is -2.48. The molecule has 19 heavy (non-hydrogen) atoms. The van der Waals surface area contributed by atoms with E-state index >= 15 is 0 Å². The van der Waals surface area contributed by atoms with Crippen molar-refractivity contribution in [2.75, 3.05) is 13.2 Å². The lowest BCUT2D eigenvalue weighted by molar-refractivity contribution is -0.212. The van der Waals surface area contributed by atoms with Gasteiger partial charge in [0.2, 0.25) is 0 Å². The van der Waals surface area contributed by atoms with Crippen molar-refractivity contribution in [2.24, 2.45) is 11.8 Å². The molecule has 2 unspecified atom stereocenters. The summed E-state index contributed by atoms with van der Waals surface area (Å²) in [6, 6.07) is 0. The highest BCUT2D eigenvalue weighted by molar-refractivity contribution is 4.96. The molecule has 2 atom stereocenters. The van der Waals surface area contributed by atoms with Crippen molar-refractivity contribution in [1.29, 1.82) is 0 Å². The largest absolute Gasteiger partial charge is 0.390 e. The smallest absolute Gasteiger partial charge is 0.168 e. The molecule has 3 heteroatoms. The van der Waals surface area contributed by atoms with Crippen LogP contribution in [0.1, 0.15) is 64.7 Å². The number of hydrogen-bond donors (Lipinski definition) is 1. The third-order valence-electron chi connectivity index (χ3n) is 5.81. The molecule has 110 valence electrons. The van der Waals surface area contributed by atoms with Gasteiger partial charge in [-0.1, -0.05) is 26.2 Å². The summed E-state index contributed by atoms with van der Waals surface area (Å²) in [5.41, 5.74) is -0.450. The maximum Gasteiger partial charge on any atom is 0.168 e. The summed E-state index contributed by atoms with van der Waals surface area (Å²) in [7, 11) is 0. The van der Waals surface area contributed by atoms with Crippen molar-refractivity contribution in [1.82, 2.24) is 0 Å². The van der Waals surface area contributed by atoms with E-state index < -0.39 is 5.60 Å². The number of aliphatic hydroxyl groups is 1. The molecule has 3 aliphatic rings. The highest BCUT2D eigenvalue weighted by atomic mass is 16.7. The van der Waals surface area contributed by atoms with Gasteiger partial charge < -0.3 is 14.6 Å². The second kappa shape index (κ2) is 5.34. The molecule has 1 saturated heterocycles. The van der Waals surface area contributed by atoms with Gasteiger partial charge >= 0.3 is 0 Å². The first-order valence-electron chi connectivity index (χ1n) is 8.16. The average molecular weight is 268 g/mol. The Morgan fingerprint density at radius 2 is 1.74 bits per heavy atom. The predicted octanol–water partition coefficient (Wildman–Crippen LogP) is 3.25. The van der Waals surface area contributed by atoms with Crippen molar-refractivity contribution in [2.45, 2.75) is 76.1 Å². The molecule has 3 nitrogen and oxygen atoms in total. The van der Waals surface area contributed by atoms with Crippen molar-refractivity contribution in [3.05, 3.63) is 0 Å². The van der Waals surface area contributed by atoms with Crippen LogP contribution in [0.15, 0.2) is 0 Å². The van der Waals surface area contributed by atoms with E-state index in [2.05, 4.69) is 6.92 Å². The Bertz CT molecular complexity index is 299. The molecule has 1 aliphatic heterocycles. The highest BCUT2D eigenvalue weighted by Gasteiger charge is 2.49. The summed E-state index contributed by atoms with van der Waals surface area (Å²) < 4.78 is 11.5. The standard InChI is InChI=1S/C16H28O3/c1-2-13-4-3-5-14(12-13)15(17)6-8-16(9-7-15)18-10-11-19-16/h13-14,17H,2-12H2,1H3. The SMILES string of the molecule is CCC1CCCC(C2(O)CCC3(CC2)OCCO3)C1. The molecule has 0 aromatic carbocycles. The maximum atomic E-state index is 11.0. The summed E-state index contributed by atoms with van der Waals surface area (Å²) in [6.45, 7) is 3.73. The van der Waals surface area contributed by atoms with Gasteiger partial charge in [-0.25, -0.2) is 0 Å². The minimum atomic E-state index is -0.450. The van der Waals surface area contributed by atoms with Crippen molar-refractivity contribution < 1.29 is 14.6 Å². The summed E-state index contributed by atoms with van der Waals surface area (Å²) in [5, 5.41) is 11.0. The molecule has 2 saturated carbocycles. The normalized spacial score (nSPS) is 37.6. The van der Waals surface area contributed by atoms with Gasteiger partial charge in [0.05, 0.1) is 18.8 Å². The van der Waals surface area contributed by atoms with Crippen LogP contribution in [0.25, 0.3) is 0 Å². The fourth-order valence-electron chi connectivity index (χ4n) is 4.41. The molecule has 0 aromatic heterocycles. The zero-order valence-electron chi connectivity index (χ0n) is 12.2. The van der Waals surface area contributed by atoms with Gasteiger partial charge in [-0.3, -0.25) is 0 Å². The predicted molar refractivity (Wildman–Crippen MR) is 73.8 cm³/mol. The molecule has 3 fully saturated rings. The molecule has 3 rings (SSSR count). The Morgan fingerprint density at radius 1 is 1.05 bits per heavy atom. The Kier molecular flexibility index (Phi) is 3.89. The molecule has 1 spiro atoms. The van der Waals surface area contributed by atoms with Gasteiger partial charge in [-0.2, -0.15) is 0 Å². The van der Waals surface area contributed by atoms with Crippen LogP contribution >= 0.6 is 0 Å². The van der Waals surface area contributed by atoms with E-state index in [4.69, 9.17) is 9.47 Å². The topological polar surface area (TPSA) is 38.7 Å². The first kappa shape index (κ1) is 13.8. The third kappa shape index (κ3) is 2.70. The Hall–Kier alpha value is -0.120. The lowest BCUT2D eigenvalue weighted by atomic mass is 9.66. The minimum absolute atomic E-state index is 0.342. The van der Waals surface area contributed by atoms with Crippen LogP contribution in [0.3, 0.4) is 0 Å². The Labute approximate surface area is 116 Å². The first-order valence-corrected chi connectivity index (χ1v) is 8.16. The first-order chi connectivity index (χ1) is 9.16. The molecular weight excluding hydrogens is 240 g/mol. The van der Waals surface area contributed by atoms with Crippen molar-refractivity contribution >= 4 is 0 Å². The van der Waals surface area contributed by atoms with Gasteiger partial charge in [0, 0.05) is 12.8 Å². The van der Waals surface area contributed by atoms with E-state index in [0.717, 1.165) is 44.8 Å². The van der Waals surface area contributed by atoms with E-state index in [-0.39, 0.29) is 5.79 Å². The zero-order chi connectivity index (χ0) is 13.3. The van der Waals surface area contributed by atoms with Crippen LogP contribution in [-0.4, -0.2) is 29.7 Å². The van der Waals surface area contributed by atoms with Crippen LogP contribution in [0, 0.1) is 11.8 Å². The van der Waals surface area contributed by atoms with Crippen molar-refractivity contribution in [3.63, 3.8) is 0 Å². The summed E-state index contributed by atoms with van der Waals surface area (Å²) in [5.74, 6) is 0.994. The van der Waals surface area contributed by atoms with E-state index in [1.54, 1.807) is 0 Å². The monoisotopic (exact) mass is 268 g/mol. The average Bonchev–Trinajstić information content (AvgIpc) is 2.92. The van der Waals surface area contributed by atoms with Crippen LogP contribution in [-0.2, 0) is 9.47 Å². The second-order valence-corrected chi connectivity index (χ2v) is 6.85. The number of rotatable bonds is 2. The Morgan fingerprint density at radius 3 is 2.37 bits per heavy atom. The van der Waals surface area contributed by atoms with Crippen LogP contribution < -0.4 is 0 Å². The Balaban J connectivity index is 1.61. The van der Waals surface area contributed by atoms with Crippen LogP contribution in [0.5, 0.6) is 0 Å². The fourth-order valence-corrected chi connectivity index (χ4v) is 4.41. The minimum Gasteiger partial charge on any atom is -0.390 e. The summed E-state index contributed by atoms with van der Waals surface area (Å²) in [6.07, 6.45) is 9.81. The molecule has 0 radical (unpaired) electrons. The highest BCUT2D eigenvalue weighted by Crippen LogP contribution is 2.47. The van der Waals surface area contributed by atoms with Crippen molar-refractivity contribution in [3.8, 4) is 0 Å². The molecule has 1 N–H and O–H groups in total.